The minimum atomic E-state index is -0.411. The molecule has 28 heavy (non-hydrogen) atoms. The van der Waals surface area contributed by atoms with Crippen molar-refractivity contribution in [3.8, 4) is 11.5 Å². The van der Waals surface area contributed by atoms with Gasteiger partial charge in [-0.3, -0.25) is 14.9 Å². The second-order valence-corrected chi connectivity index (χ2v) is 6.53. The summed E-state index contributed by atoms with van der Waals surface area (Å²) in [6, 6.07) is 12.4. The lowest BCUT2D eigenvalue weighted by atomic mass is 10.2. The third-order valence-electron chi connectivity index (χ3n) is 4.80. The monoisotopic (exact) mass is 385 g/mol. The summed E-state index contributed by atoms with van der Waals surface area (Å²) in [7, 11) is 1.47. The van der Waals surface area contributed by atoms with Crippen LogP contribution in [-0.4, -0.2) is 55.6 Å². The van der Waals surface area contributed by atoms with E-state index in [1.807, 2.05) is 36.1 Å². The fraction of sp³-hybridized carbons (Fsp3) is 0.350. The predicted octanol–water partition coefficient (Wildman–Crippen LogP) is 2.64. The normalized spacial score (nSPS) is 13.9. The van der Waals surface area contributed by atoms with Crippen molar-refractivity contribution in [3.63, 3.8) is 0 Å². The lowest BCUT2D eigenvalue weighted by molar-refractivity contribution is -0.384. The van der Waals surface area contributed by atoms with Crippen LogP contribution in [0.25, 0.3) is 0 Å². The Bertz CT molecular complexity index is 863. The van der Waals surface area contributed by atoms with E-state index >= 15 is 0 Å². The summed E-state index contributed by atoms with van der Waals surface area (Å²) in [6.07, 6.45) is 0. The highest BCUT2D eigenvalue weighted by Crippen LogP contribution is 2.32. The molecule has 3 rings (SSSR count). The van der Waals surface area contributed by atoms with Gasteiger partial charge >= 0.3 is 0 Å². The molecule has 0 unspecified atom stereocenters. The van der Waals surface area contributed by atoms with Gasteiger partial charge in [0.1, 0.15) is 17.2 Å². The van der Waals surface area contributed by atoms with Crippen LogP contribution in [0.5, 0.6) is 11.5 Å². The van der Waals surface area contributed by atoms with Crippen LogP contribution in [0.4, 0.5) is 11.4 Å². The molecule has 2 aromatic rings. The van der Waals surface area contributed by atoms with Crippen LogP contribution in [0.15, 0.2) is 42.5 Å². The molecular formula is C20H23N3O5. The molecule has 0 aliphatic carbocycles. The third kappa shape index (κ3) is 4.33. The molecule has 1 fully saturated rings. The first-order chi connectivity index (χ1) is 13.5. The quantitative estimate of drug-likeness (QED) is 0.561. The van der Waals surface area contributed by atoms with Gasteiger partial charge in [0.2, 0.25) is 0 Å². The van der Waals surface area contributed by atoms with E-state index in [4.69, 9.17) is 9.47 Å². The molecule has 2 aromatic carbocycles. The van der Waals surface area contributed by atoms with Gasteiger partial charge in [-0.25, -0.2) is 0 Å². The van der Waals surface area contributed by atoms with Crippen molar-refractivity contribution >= 4 is 17.3 Å². The molecule has 0 spiro atoms. The van der Waals surface area contributed by atoms with Gasteiger partial charge in [-0.15, -0.1) is 0 Å². The molecule has 1 aliphatic heterocycles. The average Bonchev–Trinajstić information content (AvgIpc) is 2.72. The van der Waals surface area contributed by atoms with Crippen LogP contribution >= 0.6 is 0 Å². The van der Waals surface area contributed by atoms with Crippen LogP contribution in [0.2, 0.25) is 0 Å². The Morgan fingerprint density at radius 1 is 1.14 bits per heavy atom. The highest BCUT2D eigenvalue weighted by molar-refractivity contribution is 5.78. The second-order valence-electron chi connectivity index (χ2n) is 6.53. The number of para-hydroxylation sites is 1. The van der Waals surface area contributed by atoms with Crippen molar-refractivity contribution in [2.75, 3.05) is 44.8 Å². The number of rotatable bonds is 6. The van der Waals surface area contributed by atoms with Gasteiger partial charge in [0.05, 0.1) is 18.1 Å². The lowest BCUT2D eigenvalue weighted by Gasteiger charge is -2.35. The third-order valence-corrected chi connectivity index (χ3v) is 4.80. The Labute approximate surface area is 163 Å². The van der Waals surface area contributed by atoms with Gasteiger partial charge < -0.3 is 19.3 Å². The first kappa shape index (κ1) is 19.5. The molecule has 148 valence electrons. The van der Waals surface area contributed by atoms with E-state index in [-0.39, 0.29) is 18.2 Å². The standard InChI is InChI=1S/C20H23N3O5/c1-15-5-3-4-6-19(15)28-14-20(24)22-11-9-21(10-12-22)17-8-7-16(27-2)13-18(17)23(25)26/h3-8,13H,9-12,14H2,1-2H3. The molecule has 8 nitrogen and oxygen atoms in total. The van der Waals surface area contributed by atoms with E-state index in [0.717, 1.165) is 5.56 Å². The number of anilines is 1. The van der Waals surface area contributed by atoms with Crippen LogP contribution in [0.3, 0.4) is 0 Å². The number of amides is 1. The number of nitro benzene ring substituents is 1. The molecule has 0 N–H and O–H groups in total. The summed E-state index contributed by atoms with van der Waals surface area (Å²) < 4.78 is 10.7. The maximum Gasteiger partial charge on any atom is 0.296 e. The van der Waals surface area contributed by atoms with Gasteiger partial charge in [0.25, 0.3) is 11.6 Å². The lowest BCUT2D eigenvalue weighted by Crippen LogP contribution is -2.50. The zero-order valence-electron chi connectivity index (χ0n) is 16.0. The summed E-state index contributed by atoms with van der Waals surface area (Å²) in [6.45, 7) is 3.92. The van der Waals surface area contributed by atoms with Crippen LogP contribution in [0, 0.1) is 17.0 Å². The molecule has 1 heterocycles. The van der Waals surface area contributed by atoms with Crippen molar-refractivity contribution in [3.05, 3.63) is 58.1 Å². The van der Waals surface area contributed by atoms with E-state index in [2.05, 4.69) is 0 Å². The number of ether oxygens (including phenoxy) is 2. The number of nitrogens with zero attached hydrogens (tertiary/aromatic N) is 3. The van der Waals surface area contributed by atoms with Crippen LogP contribution < -0.4 is 14.4 Å². The molecule has 8 heteroatoms. The van der Waals surface area contributed by atoms with Crippen molar-refractivity contribution in [1.82, 2.24) is 4.90 Å². The summed E-state index contributed by atoms with van der Waals surface area (Å²) in [5.41, 5.74) is 1.52. The Balaban J connectivity index is 1.59. The molecule has 0 radical (unpaired) electrons. The van der Waals surface area contributed by atoms with E-state index in [9.17, 15) is 14.9 Å². The van der Waals surface area contributed by atoms with Crippen molar-refractivity contribution < 1.29 is 19.2 Å². The average molecular weight is 385 g/mol. The zero-order valence-corrected chi connectivity index (χ0v) is 16.0. The first-order valence-electron chi connectivity index (χ1n) is 9.03. The Hall–Kier alpha value is -3.29. The maximum absolute atomic E-state index is 12.4. The topological polar surface area (TPSA) is 85.2 Å². The molecule has 0 atom stereocenters. The SMILES string of the molecule is COc1ccc(N2CCN(C(=O)COc3ccccc3C)CC2)c([N+](=O)[O-])c1. The summed E-state index contributed by atoms with van der Waals surface area (Å²) in [4.78, 5) is 27.1. The summed E-state index contributed by atoms with van der Waals surface area (Å²) in [5.74, 6) is 1.05. The number of carbonyl (C=O) groups is 1. The molecular weight excluding hydrogens is 362 g/mol. The molecule has 0 bridgehead atoms. The largest absolute Gasteiger partial charge is 0.496 e. The number of carbonyl (C=O) groups excluding carboxylic acids is 1. The number of nitro groups is 1. The maximum atomic E-state index is 12.4. The van der Waals surface area contributed by atoms with Crippen molar-refractivity contribution in [2.45, 2.75) is 6.92 Å². The fourth-order valence-electron chi connectivity index (χ4n) is 3.19. The van der Waals surface area contributed by atoms with E-state index in [1.165, 1.54) is 13.2 Å². The van der Waals surface area contributed by atoms with E-state index < -0.39 is 4.92 Å². The van der Waals surface area contributed by atoms with Crippen molar-refractivity contribution in [1.29, 1.82) is 0 Å². The first-order valence-corrected chi connectivity index (χ1v) is 9.03. The van der Waals surface area contributed by atoms with Gasteiger partial charge in [0.15, 0.2) is 6.61 Å². The molecule has 0 aromatic heterocycles. The number of hydrogen-bond donors (Lipinski definition) is 0. The van der Waals surface area contributed by atoms with E-state index in [1.54, 1.807) is 17.0 Å². The number of methoxy groups -OCH3 is 1. The fourth-order valence-corrected chi connectivity index (χ4v) is 3.19. The Kier molecular flexibility index (Phi) is 5.98. The van der Waals surface area contributed by atoms with Crippen LogP contribution in [0.1, 0.15) is 5.56 Å². The molecule has 0 saturated carbocycles. The number of hydrogen-bond acceptors (Lipinski definition) is 6. The minimum Gasteiger partial charge on any atom is -0.496 e. The van der Waals surface area contributed by atoms with Crippen LogP contribution in [-0.2, 0) is 4.79 Å². The van der Waals surface area contributed by atoms with E-state index in [0.29, 0.717) is 43.4 Å². The highest BCUT2D eigenvalue weighted by atomic mass is 16.6. The minimum absolute atomic E-state index is 0.00186. The van der Waals surface area contributed by atoms with Gasteiger partial charge in [-0.2, -0.15) is 0 Å². The molecule has 1 aliphatic rings. The number of benzene rings is 2. The summed E-state index contributed by atoms with van der Waals surface area (Å²) >= 11 is 0. The predicted molar refractivity (Wildman–Crippen MR) is 105 cm³/mol. The van der Waals surface area contributed by atoms with Crippen molar-refractivity contribution in [2.24, 2.45) is 0 Å². The zero-order chi connectivity index (χ0) is 20.1. The Morgan fingerprint density at radius 2 is 1.86 bits per heavy atom. The number of aryl methyl sites for hydroxylation is 1. The van der Waals surface area contributed by atoms with Gasteiger partial charge in [0, 0.05) is 26.2 Å². The smallest absolute Gasteiger partial charge is 0.296 e. The molecule has 1 amide bonds. The summed E-state index contributed by atoms with van der Waals surface area (Å²) in [5, 5.41) is 11.4. The number of piperazine rings is 1. The highest BCUT2D eigenvalue weighted by Gasteiger charge is 2.26. The Morgan fingerprint density at radius 3 is 2.50 bits per heavy atom. The van der Waals surface area contributed by atoms with Gasteiger partial charge in [-0.05, 0) is 30.7 Å². The molecule has 1 saturated heterocycles. The second kappa shape index (κ2) is 8.60. The van der Waals surface area contributed by atoms with Gasteiger partial charge in [-0.1, -0.05) is 18.2 Å².